The normalized spacial score (nSPS) is 14.8. The quantitative estimate of drug-likeness (QED) is 0.469. The van der Waals surface area contributed by atoms with Crippen LogP contribution in [0, 0.1) is 6.92 Å². The second-order valence-corrected chi connectivity index (χ2v) is 8.69. The zero-order valence-corrected chi connectivity index (χ0v) is 19.4. The number of carbonyl (C=O) groups excluding carboxylic acids is 2. The Labute approximate surface area is 189 Å². The van der Waals surface area contributed by atoms with Gasteiger partial charge in [0.25, 0.3) is 5.91 Å². The molecule has 0 fully saturated rings. The van der Waals surface area contributed by atoms with Crippen LogP contribution in [0.15, 0.2) is 58.3 Å². The summed E-state index contributed by atoms with van der Waals surface area (Å²) in [4.78, 5) is 31.4. The van der Waals surface area contributed by atoms with Gasteiger partial charge in [-0.05, 0) is 56.8 Å². The molecule has 6 heteroatoms. The number of fused-ring (bicyclic) bond motifs is 1. The maximum absolute atomic E-state index is 13.2. The Hall–Kier alpha value is -2.57. The molecule has 0 saturated heterocycles. The van der Waals surface area contributed by atoms with E-state index in [1.165, 1.54) is 17.3 Å². The Bertz CT molecular complexity index is 936. The Morgan fingerprint density at radius 1 is 1.10 bits per heavy atom. The number of thioether (sulfide) groups is 1. The van der Waals surface area contributed by atoms with Crippen molar-refractivity contribution in [3.8, 4) is 0 Å². The second-order valence-electron chi connectivity index (χ2n) is 7.61. The van der Waals surface area contributed by atoms with Crippen molar-refractivity contribution < 1.29 is 9.59 Å². The lowest BCUT2D eigenvalue weighted by molar-refractivity contribution is -0.122. The van der Waals surface area contributed by atoms with Crippen LogP contribution in [0.1, 0.15) is 31.4 Å². The molecular weight excluding hydrogens is 406 g/mol. The van der Waals surface area contributed by atoms with Crippen LogP contribution in [0.3, 0.4) is 0 Å². The zero-order chi connectivity index (χ0) is 22.2. The fraction of sp³-hybridized carbons (Fsp3) is 0.360. The minimum atomic E-state index is -0.137. The average Bonchev–Trinajstić information content (AvgIpc) is 2.78. The third-order valence-electron chi connectivity index (χ3n) is 5.38. The number of rotatable bonds is 9. The zero-order valence-electron chi connectivity index (χ0n) is 18.6. The highest BCUT2D eigenvalue weighted by atomic mass is 32.2. The highest BCUT2D eigenvalue weighted by molar-refractivity contribution is 8.04. The first kappa shape index (κ1) is 23.1. The van der Waals surface area contributed by atoms with Crippen LogP contribution >= 0.6 is 11.8 Å². The van der Waals surface area contributed by atoms with Gasteiger partial charge in [-0.25, -0.2) is 0 Å². The molecule has 1 aliphatic heterocycles. The highest BCUT2D eigenvalue weighted by Crippen LogP contribution is 2.41. The molecule has 1 N–H and O–H groups in total. The largest absolute Gasteiger partial charge is 0.355 e. The smallest absolute Gasteiger partial charge is 0.265 e. The lowest BCUT2D eigenvalue weighted by atomic mass is 10.1. The highest BCUT2D eigenvalue weighted by Gasteiger charge is 2.30. The van der Waals surface area contributed by atoms with E-state index in [0.717, 1.165) is 42.2 Å². The Morgan fingerprint density at radius 3 is 2.52 bits per heavy atom. The van der Waals surface area contributed by atoms with Gasteiger partial charge in [0.1, 0.15) is 6.54 Å². The maximum atomic E-state index is 13.2. The minimum Gasteiger partial charge on any atom is -0.355 e. The number of hydrogen-bond donors (Lipinski definition) is 1. The summed E-state index contributed by atoms with van der Waals surface area (Å²) in [6, 6.07) is 15.8. The van der Waals surface area contributed by atoms with Crippen molar-refractivity contribution in [2.45, 2.75) is 32.1 Å². The van der Waals surface area contributed by atoms with E-state index in [1.807, 2.05) is 61.5 Å². The van der Waals surface area contributed by atoms with Gasteiger partial charge in [0.2, 0.25) is 5.91 Å². The fourth-order valence-electron chi connectivity index (χ4n) is 3.50. The topological polar surface area (TPSA) is 52.7 Å². The van der Waals surface area contributed by atoms with E-state index in [0.29, 0.717) is 11.4 Å². The van der Waals surface area contributed by atoms with E-state index in [2.05, 4.69) is 24.1 Å². The molecule has 0 atom stereocenters. The summed E-state index contributed by atoms with van der Waals surface area (Å²) in [7, 11) is 0. The molecule has 0 radical (unpaired) electrons. The van der Waals surface area contributed by atoms with Crippen molar-refractivity contribution in [3.63, 3.8) is 0 Å². The van der Waals surface area contributed by atoms with Gasteiger partial charge in [0, 0.05) is 11.4 Å². The standard InChI is InChI=1S/C25H31N3O2S/c1-4-27(5-2)16-8-15-26-24(29)18-28-21-9-6-7-10-22(21)31-23(25(28)30)17-20-13-11-19(3)12-14-20/h6-7,9-14,17H,4-5,8,15-16,18H2,1-3H3,(H,26,29)/b23-17+. The SMILES string of the molecule is CCN(CC)CCCNC(=O)CN1C(=O)/C(=C\c2ccc(C)cc2)Sc2ccccc21. The van der Waals surface area contributed by atoms with Gasteiger partial charge in [-0.2, -0.15) is 0 Å². The molecular formula is C25H31N3O2S. The van der Waals surface area contributed by atoms with Crippen LogP contribution in [0.5, 0.6) is 0 Å². The number of anilines is 1. The summed E-state index contributed by atoms with van der Waals surface area (Å²) in [5, 5.41) is 2.97. The molecule has 31 heavy (non-hydrogen) atoms. The van der Waals surface area contributed by atoms with Gasteiger partial charge in [-0.1, -0.05) is 67.6 Å². The van der Waals surface area contributed by atoms with E-state index in [9.17, 15) is 9.59 Å². The van der Waals surface area contributed by atoms with Crippen LogP contribution in [0.25, 0.3) is 6.08 Å². The van der Waals surface area contributed by atoms with E-state index in [4.69, 9.17) is 0 Å². The molecule has 2 aromatic carbocycles. The number of carbonyl (C=O) groups is 2. The number of hydrogen-bond acceptors (Lipinski definition) is 4. The maximum Gasteiger partial charge on any atom is 0.265 e. The second kappa shape index (κ2) is 11.2. The lowest BCUT2D eigenvalue weighted by Gasteiger charge is -2.30. The Morgan fingerprint density at radius 2 is 1.81 bits per heavy atom. The van der Waals surface area contributed by atoms with Gasteiger partial charge < -0.3 is 10.2 Å². The molecule has 0 saturated carbocycles. The number of nitrogens with zero attached hydrogens (tertiary/aromatic N) is 2. The van der Waals surface area contributed by atoms with Gasteiger partial charge in [0.05, 0.1) is 10.6 Å². The lowest BCUT2D eigenvalue weighted by Crippen LogP contribution is -2.43. The van der Waals surface area contributed by atoms with E-state index < -0.39 is 0 Å². The summed E-state index contributed by atoms with van der Waals surface area (Å²) in [6.45, 7) is 9.93. The molecule has 164 valence electrons. The van der Waals surface area contributed by atoms with E-state index >= 15 is 0 Å². The molecule has 2 aromatic rings. The van der Waals surface area contributed by atoms with Crippen molar-refractivity contribution in [1.82, 2.24) is 10.2 Å². The minimum absolute atomic E-state index is 0.0207. The molecule has 0 bridgehead atoms. The summed E-state index contributed by atoms with van der Waals surface area (Å²) >= 11 is 1.46. The summed E-state index contributed by atoms with van der Waals surface area (Å²) in [5.74, 6) is -0.271. The van der Waals surface area contributed by atoms with Gasteiger partial charge in [0.15, 0.2) is 0 Å². The third-order valence-corrected chi connectivity index (χ3v) is 6.45. The van der Waals surface area contributed by atoms with Crippen LogP contribution in [0.4, 0.5) is 5.69 Å². The molecule has 0 spiro atoms. The van der Waals surface area contributed by atoms with Crippen molar-refractivity contribution in [2.75, 3.05) is 37.6 Å². The molecule has 2 amide bonds. The number of nitrogens with one attached hydrogen (secondary N) is 1. The fourth-order valence-corrected chi connectivity index (χ4v) is 4.56. The van der Waals surface area contributed by atoms with Gasteiger partial charge >= 0.3 is 0 Å². The molecule has 5 nitrogen and oxygen atoms in total. The summed E-state index contributed by atoms with van der Waals surface area (Å²) in [5.41, 5.74) is 2.94. The molecule has 0 aliphatic carbocycles. The molecule has 1 heterocycles. The number of para-hydroxylation sites is 1. The number of aryl methyl sites for hydroxylation is 1. The van der Waals surface area contributed by atoms with E-state index in [1.54, 1.807) is 4.90 Å². The number of benzene rings is 2. The number of amides is 2. The predicted octanol–water partition coefficient (Wildman–Crippen LogP) is 4.32. The third kappa shape index (κ3) is 6.21. The summed E-state index contributed by atoms with van der Waals surface area (Å²) < 4.78 is 0. The molecule has 3 rings (SSSR count). The first-order valence-electron chi connectivity index (χ1n) is 10.9. The predicted molar refractivity (Wildman–Crippen MR) is 129 cm³/mol. The molecule has 1 aliphatic rings. The first-order chi connectivity index (χ1) is 15.0. The van der Waals surface area contributed by atoms with Crippen molar-refractivity contribution in [1.29, 1.82) is 0 Å². The van der Waals surface area contributed by atoms with Crippen LogP contribution in [-0.4, -0.2) is 49.4 Å². The molecule has 0 unspecified atom stereocenters. The van der Waals surface area contributed by atoms with Crippen molar-refractivity contribution in [2.24, 2.45) is 0 Å². The summed E-state index contributed by atoms with van der Waals surface area (Å²) in [6.07, 6.45) is 2.80. The van der Waals surface area contributed by atoms with Gasteiger partial charge in [-0.3, -0.25) is 14.5 Å². The average molecular weight is 438 g/mol. The molecule has 0 aromatic heterocycles. The van der Waals surface area contributed by atoms with Crippen molar-refractivity contribution >= 4 is 35.3 Å². The monoisotopic (exact) mass is 437 g/mol. The Balaban J connectivity index is 1.70. The van der Waals surface area contributed by atoms with Crippen LogP contribution in [0.2, 0.25) is 0 Å². The van der Waals surface area contributed by atoms with E-state index in [-0.39, 0.29) is 18.4 Å². The first-order valence-corrected chi connectivity index (χ1v) is 11.7. The van der Waals surface area contributed by atoms with Crippen LogP contribution in [-0.2, 0) is 9.59 Å². The Kier molecular flexibility index (Phi) is 8.32. The van der Waals surface area contributed by atoms with Crippen molar-refractivity contribution in [3.05, 3.63) is 64.6 Å². The van der Waals surface area contributed by atoms with Crippen LogP contribution < -0.4 is 10.2 Å². The van der Waals surface area contributed by atoms with Gasteiger partial charge in [-0.15, -0.1) is 0 Å².